The van der Waals surface area contributed by atoms with Crippen LogP contribution >= 0.6 is 0 Å². The number of esters is 3. The number of hydrogen-bond acceptors (Lipinski definition) is 7. The molecule has 7 heteroatoms. The van der Waals surface area contributed by atoms with Gasteiger partial charge in [0.25, 0.3) is 0 Å². The highest BCUT2D eigenvalue weighted by Crippen LogP contribution is 2.14. The molecule has 314 valence electrons. The fourth-order valence-corrected chi connectivity index (χ4v) is 6.73. The zero-order valence-electron chi connectivity index (χ0n) is 35.4. The molecular weight excluding hydrogens is 675 g/mol. The molecule has 0 aromatic heterocycles. The van der Waals surface area contributed by atoms with Gasteiger partial charge in [-0.25, -0.2) is 0 Å². The minimum absolute atomic E-state index is 0.0872. The summed E-state index contributed by atoms with van der Waals surface area (Å²) in [4.78, 5) is 39.7. The predicted molar refractivity (Wildman–Crippen MR) is 226 cm³/mol. The topological polar surface area (TPSA) is 82.1 Å². The standard InChI is InChI=1S/C47H85NO6/c1-3-5-7-9-11-13-15-17-19-21-23-25-27-29-31-35-45(49)52-41-44(43-54-47(51)37-33-38-48-39-34-40-48)42-53-46(50)36-32-30-28-26-24-22-20-18-16-14-12-10-8-6-4-2/h17-20,44H,3-16,21-43H2,1-2H3/b19-17-,20-18-. The number of nitrogens with zero attached hydrogens (tertiary/aromatic N) is 1. The zero-order chi connectivity index (χ0) is 39.0. The van der Waals surface area contributed by atoms with Crippen LogP contribution in [0.15, 0.2) is 24.3 Å². The number of likely N-dealkylation sites (tertiary alicyclic amines) is 1. The third-order valence-corrected chi connectivity index (χ3v) is 10.5. The number of carbonyl (C=O) groups excluding carboxylic acids is 3. The van der Waals surface area contributed by atoms with Crippen molar-refractivity contribution < 1.29 is 28.6 Å². The molecule has 0 bridgehead atoms. The van der Waals surface area contributed by atoms with E-state index in [0.717, 1.165) is 77.4 Å². The molecule has 0 aliphatic carbocycles. The summed E-state index contributed by atoms with van der Waals surface area (Å²) in [6.45, 7) is 7.93. The Bertz CT molecular complexity index is 873. The Morgan fingerprint density at radius 2 is 0.759 bits per heavy atom. The second-order valence-electron chi connectivity index (χ2n) is 15.9. The van der Waals surface area contributed by atoms with E-state index in [4.69, 9.17) is 14.2 Å². The summed E-state index contributed by atoms with van der Waals surface area (Å²) in [5.74, 6) is -1.09. The monoisotopic (exact) mass is 760 g/mol. The molecule has 7 nitrogen and oxygen atoms in total. The fraction of sp³-hybridized carbons (Fsp3) is 0.851. The third kappa shape index (κ3) is 34.3. The molecule has 1 saturated heterocycles. The summed E-state index contributed by atoms with van der Waals surface area (Å²) < 4.78 is 16.7. The lowest BCUT2D eigenvalue weighted by atomic mass is 10.1. The van der Waals surface area contributed by atoms with Gasteiger partial charge >= 0.3 is 17.9 Å². The first-order valence-electron chi connectivity index (χ1n) is 23.0. The molecular formula is C47H85NO6. The number of hydrogen-bond donors (Lipinski definition) is 0. The molecule has 0 atom stereocenters. The molecule has 0 saturated carbocycles. The summed E-state index contributed by atoms with van der Waals surface area (Å²) in [6.07, 6.45) is 44.1. The van der Waals surface area contributed by atoms with Gasteiger partial charge in [-0.2, -0.15) is 0 Å². The van der Waals surface area contributed by atoms with Gasteiger partial charge < -0.3 is 19.1 Å². The van der Waals surface area contributed by atoms with Gasteiger partial charge in [0, 0.05) is 19.3 Å². The molecule has 0 N–H and O–H groups in total. The van der Waals surface area contributed by atoms with Crippen molar-refractivity contribution in [2.45, 2.75) is 213 Å². The van der Waals surface area contributed by atoms with Crippen LogP contribution in [0.25, 0.3) is 0 Å². The van der Waals surface area contributed by atoms with Crippen LogP contribution in [-0.2, 0) is 28.6 Å². The van der Waals surface area contributed by atoms with Crippen LogP contribution in [0, 0.1) is 5.92 Å². The van der Waals surface area contributed by atoms with Crippen LogP contribution in [0.4, 0.5) is 0 Å². The van der Waals surface area contributed by atoms with E-state index < -0.39 is 0 Å². The SMILES string of the molecule is CCCCCCCC/C=C\CCCCCCCC(=O)OCC(COC(=O)CCCCCCC/C=C\CCCCCCCC)COC(=O)CCCN1CCC1. The van der Waals surface area contributed by atoms with E-state index in [1.165, 1.54) is 122 Å². The lowest BCUT2D eigenvalue weighted by Gasteiger charge is -2.30. The molecule has 1 aliphatic heterocycles. The van der Waals surface area contributed by atoms with Crippen molar-refractivity contribution in [1.29, 1.82) is 0 Å². The molecule has 54 heavy (non-hydrogen) atoms. The minimum atomic E-state index is -0.361. The Morgan fingerprint density at radius 3 is 1.09 bits per heavy atom. The first kappa shape index (κ1) is 49.9. The second-order valence-corrected chi connectivity index (χ2v) is 15.9. The van der Waals surface area contributed by atoms with E-state index >= 15 is 0 Å². The lowest BCUT2D eigenvalue weighted by Crippen LogP contribution is -2.37. The highest BCUT2D eigenvalue weighted by Gasteiger charge is 2.19. The van der Waals surface area contributed by atoms with Gasteiger partial charge in [-0.3, -0.25) is 14.4 Å². The molecule has 1 fully saturated rings. The molecule has 0 aromatic rings. The van der Waals surface area contributed by atoms with Gasteiger partial charge in [-0.1, -0.05) is 141 Å². The maximum absolute atomic E-state index is 12.5. The number of rotatable bonds is 40. The molecule has 1 rings (SSSR count). The van der Waals surface area contributed by atoms with Crippen molar-refractivity contribution in [3.63, 3.8) is 0 Å². The van der Waals surface area contributed by atoms with Crippen LogP contribution in [-0.4, -0.2) is 62.3 Å². The maximum atomic E-state index is 12.5. The summed E-state index contributed by atoms with van der Waals surface area (Å²) in [5, 5.41) is 0. The molecule has 0 radical (unpaired) electrons. The Labute approximate surface area is 333 Å². The molecule has 0 spiro atoms. The fourth-order valence-electron chi connectivity index (χ4n) is 6.73. The molecule has 1 aliphatic rings. The van der Waals surface area contributed by atoms with Crippen molar-refractivity contribution in [3.05, 3.63) is 24.3 Å². The van der Waals surface area contributed by atoms with Gasteiger partial charge in [0.1, 0.15) is 19.8 Å². The largest absolute Gasteiger partial charge is 0.465 e. The van der Waals surface area contributed by atoms with Gasteiger partial charge in [-0.15, -0.1) is 0 Å². The Hall–Kier alpha value is -2.15. The first-order chi connectivity index (χ1) is 26.5. The zero-order valence-corrected chi connectivity index (χ0v) is 35.4. The average Bonchev–Trinajstić information content (AvgIpc) is 3.15. The van der Waals surface area contributed by atoms with E-state index in [1.54, 1.807) is 0 Å². The normalized spacial score (nSPS) is 13.2. The second kappa shape index (κ2) is 39.1. The van der Waals surface area contributed by atoms with Crippen molar-refractivity contribution in [1.82, 2.24) is 4.90 Å². The lowest BCUT2D eigenvalue weighted by molar-refractivity contribution is -0.153. The van der Waals surface area contributed by atoms with Gasteiger partial charge in [0.05, 0.1) is 5.92 Å². The van der Waals surface area contributed by atoms with Crippen molar-refractivity contribution in [2.75, 3.05) is 39.5 Å². The van der Waals surface area contributed by atoms with Gasteiger partial charge in [0.15, 0.2) is 0 Å². The number of unbranched alkanes of at least 4 members (excludes halogenated alkanes) is 22. The minimum Gasteiger partial charge on any atom is -0.465 e. The van der Waals surface area contributed by atoms with E-state index in [-0.39, 0.29) is 43.6 Å². The first-order valence-corrected chi connectivity index (χ1v) is 23.0. The van der Waals surface area contributed by atoms with E-state index in [2.05, 4.69) is 43.1 Å². The van der Waals surface area contributed by atoms with Crippen LogP contribution in [0.1, 0.15) is 213 Å². The highest BCUT2D eigenvalue weighted by atomic mass is 16.6. The smallest absolute Gasteiger partial charge is 0.305 e. The number of ether oxygens (including phenoxy) is 3. The predicted octanol–water partition coefficient (Wildman–Crippen LogP) is 12.8. The summed E-state index contributed by atoms with van der Waals surface area (Å²) in [6, 6.07) is 0. The summed E-state index contributed by atoms with van der Waals surface area (Å²) >= 11 is 0. The quantitative estimate of drug-likeness (QED) is 0.0266. The molecule has 1 heterocycles. The van der Waals surface area contributed by atoms with Crippen LogP contribution in [0.5, 0.6) is 0 Å². The van der Waals surface area contributed by atoms with E-state index in [0.29, 0.717) is 19.3 Å². The molecule has 0 unspecified atom stereocenters. The Balaban J connectivity index is 2.19. The number of carbonyl (C=O) groups is 3. The maximum Gasteiger partial charge on any atom is 0.305 e. The van der Waals surface area contributed by atoms with Gasteiger partial charge in [-0.05, 0) is 96.7 Å². The van der Waals surface area contributed by atoms with Crippen molar-refractivity contribution >= 4 is 17.9 Å². The van der Waals surface area contributed by atoms with Gasteiger partial charge in [0.2, 0.25) is 0 Å². The van der Waals surface area contributed by atoms with E-state index in [1.807, 2.05) is 0 Å². The number of allylic oxidation sites excluding steroid dienone is 4. The van der Waals surface area contributed by atoms with Crippen LogP contribution < -0.4 is 0 Å². The summed E-state index contributed by atoms with van der Waals surface area (Å²) in [7, 11) is 0. The van der Waals surface area contributed by atoms with E-state index in [9.17, 15) is 14.4 Å². The molecule has 0 aromatic carbocycles. The average molecular weight is 760 g/mol. The van der Waals surface area contributed by atoms with Crippen molar-refractivity contribution in [3.8, 4) is 0 Å². The highest BCUT2D eigenvalue weighted by molar-refractivity contribution is 5.70. The molecule has 0 amide bonds. The Kier molecular flexibility index (Phi) is 36.1. The Morgan fingerprint density at radius 1 is 0.444 bits per heavy atom. The van der Waals surface area contributed by atoms with Crippen molar-refractivity contribution in [2.24, 2.45) is 5.92 Å². The van der Waals surface area contributed by atoms with Crippen LogP contribution in [0.2, 0.25) is 0 Å². The third-order valence-electron chi connectivity index (χ3n) is 10.5. The summed E-state index contributed by atoms with van der Waals surface area (Å²) in [5.41, 5.74) is 0. The van der Waals surface area contributed by atoms with Crippen LogP contribution in [0.3, 0.4) is 0 Å².